The fraction of sp³-hybridized carbons (Fsp3) is 0.412. The number of rotatable bonds is 4. The highest BCUT2D eigenvalue weighted by atomic mass is 35.5. The molecule has 4 aliphatic rings. The lowest BCUT2D eigenvalue weighted by Gasteiger charge is -2.61. The van der Waals surface area contributed by atoms with Crippen molar-refractivity contribution in [3.63, 3.8) is 0 Å². The monoisotopic (exact) mass is 642 g/mol. The number of H-pyrrole nitrogens is 2. The van der Waals surface area contributed by atoms with Gasteiger partial charge in [0.1, 0.15) is 19.1 Å². The maximum atomic E-state index is 15.1. The molecule has 0 bridgehead atoms. The molecule has 2 amide bonds. The molecule has 0 saturated carbocycles. The predicted octanol–water partition coefficient (Wildman–Crippen LogP) is 5.40. The van der Waals surface area contributed by atoms with Crippen LogP contribution in [0, 0.1) is 0 Å². The number of nitrogens with one attached hydrogen (secondary N) is 2. The Labute approximate surface area is 273 Å². The number of carbonyl (C=O) groups is 2. The van der Waals surface area contributed by atoms with Gasteiger partial charge >= 0.3 is 6.03 Å². The van der Waals surface area contributed by atoms with Gasteiger partial charge in [0.25, 0.3) is 0 Å². The molecule has 12 heteroatoms. The van der Waals surface area contributed by atoms with Crippen molar-refractivity contribution in [2.24, 2.45) is 0 Å². The van der Waals surface area contributed by atoms with Crippen molar-refractivity contribution >= 4 is 35.8 Å². The molecule has 2 fully saturated rings. The molecular formula is C34H39ClN8O3. The molecule has 11 nitrogen and oxygen atoms in total. The fourth-order valence-corrected chi connectivity index (χ4v) is 8.18. The molecule has 4 aliphatic heterocycles. The number of ether oxygens (including phenoxy) is 1. The zero-order valence-electron chi connectivity index (χ0n) is 25.8. The zero-order valence-corrected chi connectivity index (χ0v) is 26.5. The van der Waals surface area contributed by atoms with Crippen LogP contribution < -0.4 is 14.5 Å². The molecule has 0 radical (unpaired) electrons. The first-order valence-corrected chi connectivity index (χ1v) is 16.4. The molecule has 2 N–H and O–H groups in total. The molecule has 2 aromatic heterocycles. The van der Waals surface area contributed by atoms with E-state index in [1.165, 1.54) is 11.3 Å². The second-order valence-corrected chi connectivity index (χ2v) is 12.8. The van der Waals surface area contributed by atoms with Crippen molar-refractivity contribution < 1.29 is 14.3 Å². The molecule has 2 saturated heterocycles. The SMILES string of the molecule is C=O.O=C(N1CCOc2cc(Cl)ccc21)N1CCC(c2ccn[nH]2)CC1(N1CCC(c2ccn[nH]2)C1)N1CCCc2ccccc21. The summed E-state index contributed by atoms with van der Waals surface area (Å²) in [5.41, 5.74) is 5.61. The Balaban J connectivity index is 0.00000166. The zero-order chi connectivity index (χ0) is 31.7. The van der Waals surface area contributed by atoms with Gasteiger partial charge in [-0.15, -0.1) is 0 Å². The van der Waals surface area contributed by atoms with E-state index in [1.807, 2.05) is 42.3 Å². The highest BCUT2D eigenvalue weighted by Gasteiger charge is 2.56. The number of carbonyl (C=O) groups excluding carboxylic acids is 2. The minimum absolute atomic E-state index is 0.00739. The molecule has 46 heavy (non-hydrogen) atoms. The van der Waals surface area contributed by atoms with Crippen LogP contribution in [-0.4, -0.2) is 88.1 Å². The molecule has 4 aromatic rings. The summed E-state index contributed by atoms with van der Waals surface area (Å²) in [5, 5.41) is 15.7. The third kappa shape index (κ3) is 5.21. The van der Waals surface area contributed by atoms with Gasteiger partial charge in [-0.25, -0.2) is 4.79 Å². The number of benzene rings is 2. The van der Waals surface area contributed by atoms with E-state index >= 15 is 4.79 Å². The first-order valence-electron chi connectivity index (χ1n) is 16.0. The average Bonchev–Trinajstić information content (AvgIpc) is 3.92. The fourth-order valence-electron chi connectivity index (χ4n) is 8.02. The van der Waals surface area contributed by atoms with E-state index in [-0.39, 0.29) is 11.9 Å². The topological polar surface area (TPSA) is 114 Å². The van der Waals surface area contributed by atoms with Crippen molar-refractivity contribution in [3.05, 3.63) is 89.0 Å². The van der Waals surface area contributed by atoms with E-state index in [1.54, 1.807) is 0 Å². The van der Waals surface area contributed by atoms with Crippen molar-refractivity contribution in [2.75, 3.05) is 49.1 Å². The van der Waals surface area contributed by atoms with Crippen LogP contribution in [0.2, 0.25) is 5.02 Å². The lowest BCUT2D eigenvalue weighted by molar-refractivity contribution is -0.0980. The predicted molar refractivity (Wildman–Crippen MR) is 176 cm³/mol. The van der Waals surface area contributed by atoms with Gasteiger partial charge in [-0.2, -0.15) is 10.2 Å². The quantitative estimate of drug-likeness (QED) is 0.307. The Morgan fingerprint density at radius 1 is 0.913 bits per heavy atom. The van der Waals surface area contributed by atoms with Crippen LogP contribution in [-0.2, 0) is 11.2 Å². The highest BCUT2D eigenvalue weighted by molar-refractivity contribution is 6.30. The lowest BCUT2D eigenvalue weighted by atomic mass is 9.85. The van der Waals surface area contributed by atoms with Crippen LogP contribution in [0.4, 0.5) is 16.2 Å². The molecular weight excluding hydrogens is 604 g/mol. The van der Waals surface area contributed by atoms with E-state index in [2.05, 4.69) is 71.5 Å². The average molecular weight is 643 g/mol. The van der Waals surface area contributed by atoms with Crippen LogP contribution in [0.1, 0.15) is 54.5 Å². The lowest BCUT2D eigenvalue weighted by Crippen LogP contribution is -2.75. The van der Waals surface area contributed by atoms with E-state index in [0.717, 1.165) is 68.8 Å². The molecule has 8 rings (SSSR count). The maximum absolute atomic E-state index is 15.1. The molecule has 0 aliphatic carbocycles. The van der Waals surface area contributed by atoms with Crippen LogP contribution in [0.25, 0.3) is 0 Å². The molecule has 3 atom stereocenters. The number of aryl methyl sites for hydroxylation is 1. The smallest absolute Gasteiger partial charge is 0.327 e. The number of hydrogen-bond donors (Lipinski definition) is 2. The summed E-state index contributed by atoms with van der Waals surface area (Å²) in [5.74, 6) is 0.489. The first kappa shape index (κ1) is 30.3. The Bertz CT molecular complexity index is 1650. The van der Waals surface area contributed by atoms with E-state index in [4.69, 9.17) is 21.1 Å². The number of piperidine rings is 1. The van der Waals surface area contributed by atoms with Crippen LogP contribution in [0.15, 0.2) is 67.0 Å². The van der Waals surface area contributed by atoms with Gasteiger partial charge in [0, 0.05) is 85.0 Å². The summed E-state index contributed by atoms with van der Waals surface area (Å²) < 4.78 is 5.97. The number of nitrogens with zero attached hydrogens (tertiary/aromatic N) is 6. The summed E-state index contributed by atoms with van der Waals surface area (Å²) in [6, 6.07) is 18.5. The van der Waals surface area contributed by atoms with Gasteiger partial charge in [0.2, 0.25) is 0 Å². The molecule has 3 unspecified atom stereocenters. The van der Waals surface area contributed by atoms with E-state index in [0.29, 0.717) is 36.4 Å². The summed E-state index contributed by atoms with van der Waals surface area (Å²) in [7, 11) is 0. The number of amides is 2. The van der Waals surface area contributed by atoms with Crippen molar-refractivity contribution in [3.8, 4) is 5.75 Å². The minimum Gasteiger partial charge on any atom is -0.489 e. The molecule has 0 spiro atoms. The highest BCUT2D eigenvalue weighted by Crippen LogP contribution is 2.49. The number of halogens is 1. The van der Waals surface area contributed by atoms with Gasteiger partial charge in [-0.1, -0.05) is 29.8 Å². The largest absolute Gasteiger partial charge is 0.489 e. The van der Waals surface area contributed by atoms with Crippen LogP contribution in [0.3, 0.4) is 0 Å². The third-order valence-electron chi connectivity index (χ3n) is 10.1. The summed E-state index contributed by atoms with van der Waals surface area (Å²) >= 11 is 6.33. The second-order valence-electron chi connectivity index (χ2n) is 12.3. The Kier molecular flexibility index (Phi) is 8.44. The number of urea groups is 1. The van der Waals surface area contributed by atoms with Gasteiger partial charge in [-0.3, -0.25) is 24.9 Å². The van der Waals surface area contributed by atoms with Crippen molar-refractivity contribution in [2.45, 2.75) is 49.7 Å². The summed E-state index contributed by atoms with van der Waals surface area (Å²) in [6.45, 7) is 6.10. The van der Waals surface area contributed by atoms with Gasteiger partial charge in [0.05, 0.1) is 12.2 Å². The Morgan fingerprint density at radius 3 is 2.46 bits per heavy atom. The summed E-state index contributed by atoms with van der Waals surface area (Å²) in [4.78, 5) is 32.3. The number of aromatic nitrogens is 4. The standard InChI is InChI=1S/C33H37ClN8O2.CH2O/c34-26-7-8-30-31(20-26)44-19-18-40(30)32(43)42-17-12-24(27-9-13-35-37-27)21-33(42,39-16-11-25(22-39)28-10-14-36-38-28)41-15-3-5-23-4-1-2-6-29(23)41;1-2/h1-2,4,6-10,13-14,20,24-25H,3,5,11-12,15-19,21-22H2,(H,35,37)(H,36,38);1H2. The van der Waals surface area contributed by atoms with Crippen molar-refractivity contribution in [1.29, 1.82) is 0 Å². The second kappa shape index (κ2) is 12.8. The van der Waals surface area contributed by atoms with Gasteiger partial charge < -0.3 is 14.4 Å². The normalized spacial score (nSPS) is 24.4. The Morgan fingerprint density at radius 2 is 1.67 bits per heavy atom. The van der Waals surface area contributed by atoms with Crippen LogP contribution in [0.5, 0.6) is 5.75 Å². The number of hydrogen-bond acceptors (Lipinski definition) is 7. The van der Waals surface area contributed by atoms with Crippen LogP contribution >= 0.6 is 11.6 Å². The molecule has 2 aromatic carbocycles. The summed E-state index contributed by atoms with van der Waals surface area (Å²) in [6.07, 6.45) is 8.35. The molecule has 6 heterocycles. The number of fused-ring (bicyclic) bond motifs is 2. The van der Waals surface area contributed by atoms with E-state index < -0.39 is 5.79 Å². The molecule has 240 valence electrons. The first-order chi connectivity index (χ1) is 22.6. The van der Waals surface area contributed by atoms with Gasteiger partial charge in [-0.05, 0) is 61.6 Å². The van der Waals surface area contributed by atoms with Gasteiger partial charge in [0.15, 0.2) is 5.79 Å². The number of para-hydroxylation sites is 1. The Hall–Kier alpha value is -4.35. The number of likely N-dealkylation sites (tertiary alicyclic amines) is 2. The minimum atomic E-state index is -0.693. The number of anilines is 2. The maximum Gasteiger partial charge on any atom is 0.327 e. The third-order valence-corrected chi connectivity index (χ3v) is 10.3. The van der Waals surface area contributed by atoms with Crippen molar-refractivity contribution in [1.82, 2.24) is 30.2 Å². The van der Waals surface area contributed by atoms with E-state index in [9.17, 15) is 0 Å². The number of aromatic amines is 2.